The quantitative estimate of drug-likeness (QED) is 0.808. The topological polar surface area (TPSA) is 60.2 Å². The summed E-state index contributed by atoms with van der Waals surface area (Å²) in [6.07, 6.45) is 3.32. The molecule has 2 aromatic heterocycles. The number of hydrogen-bond donors (Lipinski definition) is 0. The number of rotatable bonds is 6. The first-order valence-electron chi connectivity index (χ1n) is 5.97. The standard InChI is InChI=1S/C12H15ClN4O2S/c1-16(3-4-19-2)9-5-11(18)17(15-6-9)8-10-7-14-12(13)20-10/h5-7H,3-4,8H2,1-2H3. The molecule has 0 aliphatic carbocycles. The van der Waals surface area contributed by atoms with Gasteiger partial charge in [0.15, 0.2) is 4.47 Å². The van der Waals surface area contributed by atoms with Crippen molar-refractivity contribution in [1.29, 1.82) is 0 Å². The summed E-state index contributed by atoms with van der Waals surface area (Å²) in [5, 5.41) is 4.17. The van der Waals surface area contributed by atoms with E-state index in [2.05, 4.69) is 10.1 Å². The van der Waals surface area contributed by atoms with E-state index < -0.39 is 0 Å². The van der Waals surface area contributed by atoms with E-state index in [-0.39, 0.29) is 5.56 Å². The fourth-order valence-corrected chi connectivity index (χ4v) is 2.57. The molecular formula is C12H15ClN4O2S. The SMILES string of the molecule is COCCN(C)c1cnn(Cc2cnc(Cl)s2)c(=O)c1. The molecule has 0 saturated heterocycles. The molecule has 2 rings (SSSR count). The molecule has 0 unspecified atom stereocenters. The Morgan fingerprint density at radius 1 is 1.50 bits per heavy atom. The molecule has 0 atom stereocenters. The van der Waals surface area contributed by atoms with Crippen LogP contribution in [0.5, 0.6) is 0 Å². The monoisotopic (exact) mass is 314 g/mol. The van der Waals surface area contributed by atoms with Crippen molar-refractivity contribution >= 4 is 28.6 Å². The molecule has 0 radical (unpaired) electrons. The Balaban J connectivity index is 2.11. The molecular weight excluding hydrogens is 300 g/mol. The van der Waals surface area contributed by atoms with E-state index >= 15 is 0 Å². The van der Waals surface area contributed by atoms with Gasteiger partial charge in [-0.2, -0.15) is 5.10 Å². The van der Waals surface area contributed by atoms with Crippen molar-refractivity contribution in [2.45, 2.75) is 6.54 Å². The number of halogens is 1. The second-order valence-electron chi connectivity index (χ2n) is 4.20. The van der Waals surface area contributed by atoms with Crippen LogP contribution in [-0.4, -0.2) is 42.1 Å². The van der Waals surface area contributed by atoms with Crippen LogP contribution in [0.2, 0.25) is 4.47 Å². The van der Waals surface area contributed by atoms with Gasteiger partial charge in [-0.1, -0.05) is 11.6 Å². The summed E-state index contributed by atoms with van der Waals surface area (Å²) in [6, 6.07) is 1.56. The number of methoxy groups -OCH3 is 1. The van der Waals surface area contributed by atoms with E-state index in [1.54, 1.807) is 25.6 Å². The van der Waals surface area contributed by atoms with Gasteiger partial charge in [0, 0.05) is 37.8 Å². The van der Waals surface area contributed by atoms with Gasteiger partial charge in [-0.05, 0) is 0 Å². The molecule has 8 heteroatoms. The Morgan fingerprint density at radius 2 is 2.30 bits per heavy atom. The number of hydrogen-bond acceptors (Lipinski definition) is 6. The van der Waals surface area contributed by atoms with Gasteiger partial charge >= 0.3 is 0 Å². The predicted molar refractivity (Wildman–Crippen MR) is 79.9 cm³/mol. The summed E-state index contributed by atoms with van der Waals surface area (Å²) in [5.74, 6) is 0. The number of aromatic nitrogens is 3. The highest BCUT2D eigenvalue weighted by Crippen LogP contribution is 2.18. The molecule has 0 saturated carbocycles. The number of anilines is 1. The van der Waals surface area contributed by atoms with E-state index in [9.17, 15) is 4.79 Å². The van der Waals surface area contributed by atoms with Crippen molar-refractivity contribution in [2.75, 3.05) is 32.2 Å². The first kappa shape index (κ1) is 15.0. The first-order chi connectivity index (χ1) is 9.60. The first-order valence-corrected chi connectivity index (χ1v) is 7.17. The van der Waals surface area contributed by atoms with Crippen molar-refractivity contribution in [3.05, 3.63) is 38.2 Å². The van der Waals surface area contributed by atoms with Gasteiger partial charge in [0.1, 0.15) is 0 Å². The summed E-state index contributed by atoms with van der Waals surface area (Å²) >= 11 is 7.10. The zero-order valence-corrected chi connectivity index (χ0v) is 12.8. The molecule has 0 bridgehead atoms. The van der Waals surface area contributed by atoms with Crippen LogP contribution in [0.25, 0.3) is 0 Å². The molecule has 6 nitrogen and oxygen atoms in total. The Bertz CT molecular complexity index is 628. The molecule has 2 aromatic rings. The lowest BCUT2D eigenvalue weighted by Crippen LogP contribution is -2.27. The van der Waals surface area contributed by atoms with Crippen LogP contribution >= 0.6 is 22.9 Å². The number of likely N-dealkylation sites (N-methyl/N-ethyl adjacent to an activating group) is 1. The molecule has 0 N–H and O–H groups in total. The number of thiazole rings is 1. The normalized spacial score (nSPS) is 10.8. The Morgan fingerprint density at radius 3 is 2.90 bits per heavy atom. The average molecular weight is 315 g/mol. The van der Waals surface area contributed by atoms with Gasteiger partial charge in [-0.25, -0.2) is 9.67 Å². The fraction of sp³-hybridized carbons (Fsp3) is 0.417. The van der Waals surface area contributed by atoms with Gasteiger partial charge < -0.3 is 9.64 Å². The second-order valence-corrected chi connectivity index (χ2v) is 5.90. The van der Waals surface area contributed by atoms with E-state index in [0.29, 0.717) is 24.2 Å². The van der Waals surface area contributed by atoms with Crippen LogP contribution in [0.4, 0.5) is 5.69 Å². The summed E-state index contributed by atoms with van der Waals surface area (Å²) in [7, 11) is 3.53. The van der Waals surface area contributed by atoms with Crippen molar-refractivity contribution in [1.82, 2.24) is 14.8 Å². The predicted octanol–water partition coefficient (Wildman–Crippen LogP) is 1.48. The Hall–Kier alpha value is -1.44. The highest BCUT2D eigenvalue weighted by atomic mass is 35.5. The minimum absolute atomic E-state index is 0.156. The molecule has 0 amide bonds. The minimum Gasteiger partial charge on any atom is -0.383 e. The zero-order valence-electron chi connectivity index (χ0n) is 11.2. The molecule has 108 valence electrons. The van der Waals surface area contributed by atoms with E-state index in [1.807, 2.05) is 11.9 Å². The molecule has 0 aliphatic rings. The highest BCUT2D eigenvalue weighted by Gasteiger charge is 2.07. The molecule has 0 aromatic carbocycles. The molecule has 0 spiro atoms. The molecule has 0 aliphatic heterocycles. The van der Waals surface area contributed by atoms with Crippen molar-refractivity contribution < 1.29 is 4.74 Å². The van der Waals surface area contributed by atoms with E-state index in [0.717, 1.165) is 10.6 Å². The number of ether oxygens (including phenoxy) is 1. The minimum atomic E-state index is -0.156. The Kier molecular flexibility index (Phi) is 5.11. The van der Waals surface area contributed by atoms with Gasteiger partial charge in [-0.3, -0.25) is 4.79 Å². The average Bonchev–Trinajstić information content (AvgIpc) is 2.83. The third-order valence-electron chi connectivity index (χ3n) is 2.76. The maximum Gasteiger partial charge on any atom is 0.269 e. The van der Waals surface area contributed by atoms with Gasteiger partial charge in [0.05, 0.1) is 25.0 Å². The summed E-state index contributed by atoms with van der Waals surface area (Å²) in [6.45, 7) is 1.68. The third-order valence-corrected chi connectivity index (χ3v) is 3.86. The summed E-state index contributed by atoms with van der Waals surface area (Å²) < 4.78 is 6.85. The van der Waals surface area contributed by atoms with Crippen LogP contribution < -0.4 is 10.5 Å². The lowest BCUT2D eigenvalue weighted by Gasteiger charge is -2.18. The third kappa shape index (κ3) is 3.78. The van der Waals surface area contributed by atoms with Crippen LogP contribution in [-0.2, 0) is 11.3 Å². The fourth-order valence-electron chi connectivity index (χ4n) is 1.61. The molecule has 2 heterocycles. The van der Waals surface area contributed by atoms with Crippen molar-refractivity contribution in [3.63, 3.8) is 0 Å². The van der Waals surface area contributed by atoms with Crippen LogP contribution in [0.1, 0.15) is 4.88 Å². The summed E-state index contributed by atoms with van der Waals surface area (Å²) in [5.41, 5.74) is 0.613. The largest absolute Gasteiger partial charge is 0.383 e. The zero-order chi connectivity index (χ0) is 14.5. The smallest absolute Gasteiger partial charge is 0.269 e. The van der Waals surface area contributed by atoms with Crippen molar-refractivity contribution in [3.8, 4) is 0 Å². The highest BCUT2D eigenvalue weighted by molar-refractivity contribution is 7.15. The Labute approximate surface area is 125 Å². The maximum atomic E-state index is 12.0. The molecule has 20 heavy (non-hydrogen) atoms. The maximum absolute atomic E-state index is 12.0. The second kappa shape index (κ2) is 6.83. The molecule has 0 fully saturated rings. The lowest BCUT2D eigenvalue weighted by atomic mass is 10.4. The summed E-state index contributed by atoms with van der Waals surface area (Å²) in [4.78, 5) is 18.8. The van der Waals surface area contributed by atoms with E-state index in [4.69, 9.17) is 16.3 Å². The lowest BCUT2D eigenvalue weighted by molar-refractivity contribution is 0.206. The number of nitrogens with zero attached hydrogens (tertiary/aromatic N) is 4. The van der Waals surface area contributed by atoms with Crippen LogP contribution in [0.3, 0.4) is 0 Å². The van der Waals surface area contributed by atoms with Gasteiger partial charge in [0.25, 0.3) is 5.56 Å². The van der Waals surface area contributed by atoms with Gasteiger partial charge in [0.2, 0.25) is 0 Å². The van der Waals surface area contributed by atoms with Crippen molar-refractivity contribution in [2.24, 2.45) is 0 Å². The van der Waals surface area contributed by atoms with Crippen LogP contribution in [0, 0.1) is 0 Å². The van der Waals surface area contributed by atoms with E-state index in [1.165, 1.54) is 16.0 Å². The van der Waals surface area contributed by atoms with Crippen LogP contribution in [0.15, 0.2) is 23.3 Å². The van der Waals surface area contributed by atoms with Gasteiger partial charge in [-0.15, -0.1) is 11.3 Å².